The highest BCUT2D eigenvalue weighted by Crippen LogP contribution is 2.18. The molecule has 1 atom stereocenters. The summed E-state index contributed by atoms with van der Waals surface area (Å²) in [6.07, 6.45) is 0. The van der Waals surface area contributed by atoms with Gasteiger partial charge < -0.3 is 10.2 Å². The Morgan fingerprint density at radius 2 is 1.91 bits per heavy atom. The van der Waals surface area contributed by atoms with E-state index < -0.39 is 10.0 Å². The van der Waals surface area contributed by atoms with Gasteiger partial charge in [-0.2, -0.15) is 4.31 Å². The minimum absolute atomic E-state index is 0.0560. The molecule has 1 aliphatic rings. The van der Waals surface area contributed by atoms with Gasteiger partial charge in [0.05, 0.1) is 4.90 Å². The summed E-state index contributed by atoms with van der Waals surface area (Å²) in [6, 6.07) is 6.35. The number of benzene rings is 1. The molecule has 0 radical (unpaired) electrons. The number of piperazine rings is 1. The average Bonchev–Trinajstić information content (AvgIpc) is 2.53. The van der Waals surface area contributed by atoms with E-state index in [1.807, 2.05) is 20.8 Å². The van der Waals surface area contributed by atoms with Crippen LogP contribution in [0.1, 0.15) is 31.1 Å². The van der Waals surface area contributed by atoms with Crippen LogP contribution in [0.2, 0.25) is 0 Å². The molecule has 1 aromatic rings. The number of nitrogens with zero attached hydrogens (tertiary/aromatic N) is 2. The van der Waals surface area contributed by atoms with Crippen molar-refractivity contribution >= 4 is 15.9 Å². The molecule has 1 unspecified atom stereocenters. The molecule has 0 saturated carbocycles. The van der Waals surface area contributed by atoms with Crippen LogP contribution in [-0.2, 0) is 10.0 Å². The van der Waals surface area contributed by atoms with Crippen molar-refractivity contribution in [1.82, 2.24) is 14.5 Å². The van der Waals surface area contributed by atoms with Gasteiger partial charge in [0, 0.05) is 44.3 Å². The van der Waals surface area contributed by atoms with Gasteiger partial charge >= 0.3 is 0 Å². The second-order valence-electron chi connectivity index (χ2n) is 6.25. The van der Waals surface area contributed by atoms with Crippen LogP contribution in [-0.4, -0.2) is 62.3 Å². The third-order valence-electron chi connectivity index (χ3n) is 4.16. The fourth-order valence-corrected chi connectivity index (χ4v) is 3.88. The third kappa shape index (κ3) is 3.91. The molecule has 1 aromatic carbocycles. The molecule has 6 nitrogen and oxygen atoms in total. The molecule has 1 saturated heterocycles. The summed E-state index contributed by atoms with van der Waals surface area (Å²) in [4.78, 5) is 14.5. The number of carbonyl (C=O) groups is 1. The Balaban J connectivity index is 2.18. The quantitative estimate of drug-likeness (QED) is 0.893. The third-order valence-corrected chi connectivity index (χ3v) is 6.21. The van der Waals surface area contributed by atoms with Gasteiger partial charge in [0.2, 0.25) is 10.0 Å². The predicted octanol–water partition coefficient (Wildman–Crippen LogP) is 1.15. The molecule has 2 rings (SSSR count). The highest BCUT2D eigenvalue weighted by Gasteiger charge is 2.25. The van der Waals surface area contributed by atoms with E-state index in [2.05, 4.69) is 5.32 Å². The van der Waals surface area contributed by atoms with Gasteiger partial charge in [0.25, 0.3) is 5.91 Å². The van der Waals surface area contributed by atoms with Crippen molar-refractivity contribution in [2.24, 2.45) is 0 Å². The normalized spacial score (nSPS) is 19.4. The van der Waals surface area contributed by atoms with Gasteiger partial charge in [0.1, 0.15) is 0 Å². The Morgan fingerprint density at radius 1 is 1.30 bits per heavy atom. The summed E-state index contributed by atoms with van der Waals surface area (Å²) in [5.74, 6) is -0.0560. The molecule has 1 heterocycles. The molecule has 0 aliphatic carbocycles. The maximum atomic E-state index is 12.5. The van der Waals surface area contributed by atoms with Crippen molar-refractivity contribution in [1.29, 1.82) is 0 Å². The molecule has 1 N–H and O–H groups in total. The zero-order valence-electron chi connectivity index (χ0n) is 14.1. The number of amides is 1. The number of nitrogens with one attached hydrogen (secondary N) is 1. The highest BCUT2D eigenvalue weighted by molar-refractivity contribution is 7.89. The lowest BCUT2D eigenvalue weighted by atomic mass is 10.1. The molecular formula is C16H25N3O3S. The zero-order chi connectivity index (χ0) is 17.2. The Bertz CT molecular complexity index is 656. The van der Waals surface area contributed by atoms with Gasteiger partial charge in [-0.25, -0.2) is 8.42 Å². The van der Waals surface area contributed by atoms with Crippen LogP contribution in [0.15, 0.2) is 29.2 Å². The lowest BCUT2D eigenvalue weighted by Crippen LogP contribution is -2.51. The summed E-state index contributed by atoms with van der Waals surface area (Å²) < 4.78 is 26.2. The van der Waals surface area contributed by atoms with E-state index >= 15 is 0 Å². The van der Waals surface area contributed by atoms with Crippen LogP contribution < -0.4 is 5.32 Å². The standard InChI is InChI=1S/C16H25N3O3S/c1-12(2)18(4)23(21,22)15-7-5-14(6-8-15)16(20)19-10-9-17-13(3)11-19/h5-8,12-13,17H,9-11H2,1-4H3. The van der Waals surface area contributed by atoms with Crippen LogP contribution in [0.5, 0.6) is 0 Å². The monoisotopic (exact) mass is 339 g/mol. The molecule has 0 spiro atoms. The maximum absolute atomic E-state index is 12.5. The van der Waals surface area contributed by atoms with Crippen molar-refractivity contribution in [2.75, 3.05) is 26.7 Å². The minimum Gasteiger partial charge on any atom is -0.336 e. The lowest BCUT2D eigenvalue weighted by molar-refractivity contribution is 0.0709. The fraction of sp³-hybridized carbons (Fsp3) is 0.562. The van der Waals surface area contributed by atoms with Gasteiger partial charge in [-0.3, -0.25) is 4.79 Å². The highest BCUT2D eigenvalue weighted by atomic mass is 32.2. The molecule has 1 fully saturated rings. The smallest absolute Gasteiger partial charge is 0.253 e. The number of hydrogen-bond donors (Lipinski definition) is 1. The zero-order valence-corrected chi connectivity index (χ0v) is 14.9. The average molecular weight is 339 g/mol. The van der Waals surface area contributed by atoms with E-state index in [-0.39, 0.29) is 22.9 Å². The van der Waals surface area contributed by atoms with Crippen LogP contribution in [0.4, 0.5) is 0 Å². The van der Waals surface area contributed by atoms with Crippen LogP contribution in [0.25, 0.3) is 0 Å². The maximum Gasteiger partial charge on any atom is 0.253 e. The topological polar surface area (TPSA) is 69.7 Å². The van der Waals surface area contributed by atoms with Crippen molar-refractivity contribution in [3.05, 3.63) is 29.8 Å². The first-order valence-corrected chi connectivity index (χ1v) is 9.28. The summed E-state index contributed by atoms with van der Waals surface area (Å²) in [5.41, 5.74) is 0.519. The predicted molar refractivity (Wildman–Crippen MR) is 89.9 cm³/mol. The van der Waals surface area contributed by atoms with Crippen molar-refractivity contribution in [3.63, 3.8) is 0 Å². The SMILES string of the molecule is CC1CN(C(=O)c2ccc(S(=O)(=O)N(C)C(C)C)cc2)CCN1. The minimum atomic E-state index is -3.52. The van der Waals surface area contributed by atoms with Crippen molar-refractivity contribution in [2.45, 2.75) is 37.8 Å². The van der Waals surface area contributed by atoms with E-state index in [0.717, 1.165) is 6.54 Å². The first kappa shape index (κ1) is 17.9. The summed E-state index contributed by atoms with van der Waals surface area (Å²) in [6.45, 7) is 7.78. The van der Waals surface area contributed by atoms with Gasteiger partial charge in [-0.1, -0.05) is 0 Å². The molecular weight excluding hydrogens is 314 g/mol. The molecule has 0 aromatic heterocycles. The van der Waals surface area contributed by atoms with Crippen molar-refractivity contribution in [3.8, 4) is 0 Å². The number of sulfonamides is 1. The molecule has 1 aliphatic heterocycles. The van der Waals surface area contributed by atoms with Gasteiger partial charge in [-0.05, 0) is 45.0 Å². The molecule has 1 amide bonds. The van der Waals surface area contributed by atoms with Crippen LogP contribution >= 0.6 is 0 Å². The van der Waals surface area contributed by atoms with E-state index in [1.54, 1.807) is 24.1 Å². The second kappa shape index (κ2) is 6.98. The van der Waals surface area contributed by atoms with Crippen LogP contribution in [0, 0.1) is 0 Å². The van der Waals surface area contributed by atoms with Gasteiger partial charge in [0.15, 0.2) is 0 Å². The molecule has 128 valence electrons. The Kier molecular flexibility index (Phi) is 5.44. The Morgan fingerprint density at radius 3 is 2.43 bits per heavy atom. The molecule has 0 bridgehead atoms. The molecule has 7 heteroatoms. The number of rotatable bonds is 4. The van der Waals surface area contributed by atoms with E-state index in [1.165, 1.54) is 16.4 Å². The summed E-state index contributed by atoms with van der Waals surface area (Å²) in [5, 5.41) is 3.29. The summed E-state index contributed by atoms with van der Waals surface area (Å²) in [7, 11) is -1.96. The Labute approximate surface area is 138 Å². The van der Waals surface area contributed by atoms with Crippen molar-refractivity contribution < 1.29 is 13.2 Å². The number of hydrogen-bond acceptors (Lipinski definition) is 4. The fourth-order valence-electron chi connectivity index (χ4n) is 2.51. The van der Waals surface area contributed by atoms with E-state index in [9.17, 15) is 13.2 Å². The van der Waals surface area contributed by atoms with E-state index in [4.69, 9.17) is 0 Å². The summed E-state index contributed by atoms with van der Waals surface area (Å²) >= 11 is 0. The van der Waals surface area contributed by atoms with E-state index in [0.29, 0.717) is 18.7 Å². The van der Waals surface area contributed by atoms with Crippen LogP contribution in [0.3, 0.4) is 0 Å². The first-order valence-electron chi connectivity index (χ1n) is 7.84. The molecule has 23 heavy (non-hydrogen) atoms. The number of carbonyl (C=O) groups excluding carboxylic acids is 1. The second-order valence-corrected chi connectivity index (χ2v) is 8.24. The largest absolute Gasteiger partial charge is 0.336 e. The first-order chi connectivity index (χ1) is 10.7. The lowest BCUT2D eigenvalue weighted by Gasteiger charge is -2.32. The van der Waals surface area contributed by atoms with Gasteiger partial charge in [-0.15, -0.1) is 0 Å². The Hall–Kier alpha value is -1.44.